The molecule has 0 amide bonds. The van der Waals surface area contributed by atoms with E-state index in [2.05, 4.69) is 32.9 Å². The van der Waals surface area contributed by atoms with Gasteiger partial charge in [-0.15, -0.1) is 0 Å². The van der Waals surface area contributed by atoms with Crippen molar-refractivity contribution >= 4 is 12.0 Å². The molecule has 0 aliphatic carbocycles. The lowest BCUT2D eigenvalue weighted by molar-refractivity contribution is -0.136. The van der Waals surface area contributed by atoms with Crippen molar-refractivity contribution in [1.82, 2.24) is 0 Å². The Morgan fingerprint density at radius 3 is 2.31 bits per heavy atom. The Morgan fingerprint density at radius 1 is 1.25 bits per heavy atom. The van der Waals surface area contributed by atoms with Crippen LogP contribution in [0.1, 0.15) is 35.1 Å². The van der Waals surface area contributed by atoms with E-state index in [1.54, 1.807) is 0 Å². The Balaban J connectivity index is 2.77. The number of hydrogen-bond donors (Lipinski definition) is 1. The molecule has 1 rings (SSSR count). The predicted octanol–water partition coefficient (Wildman–Crippen LogP) is 3.49. The van der Waals surface area contributed by atoms with E-state index in [1.807, 2.05) is 12.2 Å². The zero-order valence-corrected chi connectivity index (χ0v) is 10.1. The molecule has 0 spiro atoms. The van der Waals surface area contributed by atoms with E-state index < -0.39 is 5.97 Å². The number of carboxylic acid groups (broad SMARTS) is 1. The molecule has 0 unspecified atom stereocenters. The summed E-state index contributed by atoms with van der Waals surface area (Å²) in [6.45, 7) is 6.24. The molecule has 1 aromatic rings. The Morgan fingerprint density at radius 2 is 1.81 bits per heavy atom. The number of allylic oxidation sites excluding steroid dienone is 1. The van der Waals surface area contributed by atoms with Gasteiger partial charge in [-0.2, -0.15) is 0 Å². The molecule has 0 heterocycles. The summed E-state index contributed by atoms with van der Waals surface area (Å²) in [7, 11) is 0. The lowest BCUT2D eigenvalue weighted by Gasteiger charge is -2.06. The van der Waals surface area contributed by atoms with Gasteiger partial charge in [-0.1, -0.05) is 29.8 Å². The van der Waals surface area contributed by atoms with E-state index in [1.165, 1.54) is 22.3 Å². The molecule has 0 bridgehead atoms. The third-order valence-corrected chi connectivity index (χ3v) is 2.55. The van der Waals surface area contributed by atoms with Gasteiger partial charge in [0, 0.05) is 6.42 Å². The van der Waals surface area contributed by atoms with Gasteiger partial charge in [0.2, 0.25) is 0 Å². The fourth-order valence-corrected chi connectivity index (χ4v) is 1.86. The third kappa shape index (κ3) is 3.54. The summed E-state index contributed by atoms with van der Waals surface area (Å²) in [5.74, 6) is -0.748. The van der Waals surface area contributed by atoms with Gasteiger partial charge >= 0.3 is 5.97 Å². The van der Waals surface area contributed by atoms with Crippen LogP contribution in [0.15, 0.2) is 18.2 Å². The molecule has 0 radical (unpaired) electrons. The lowest BCUT2D eigenvalue weighted by Crippen LogP contribution is -1.92. The van der Waals surface area contributed by atoms with Gasteiger partial charge in [-0.3, -0.25) is 4.79 Å². The summed E-state index contributed by atoms with van der Waals surface area (Å²) in [6, 6.07) is 4.29. The summed E-state index contributed by atoms with van der Waals surface area (Å²) >= 11 is 0. The fourth-order valence-electron chi connectivity index (χ4n) is 1.86. The number of carbonyl (C=O) groups is 1. The highest BCUT2D eigenvalue weighted by molar-refractivity contribution is 5.67. The van der Waals surface area contributed by atoms with Gasteiger partial charge in [0.25, 0.3) is 0 Å². The quantitative estimate of drug-likeness (QED) is 0.840. The van der Waals surface area contributed by atoms with E-state index in [-0.39, 0.29) is 6.42 Å². The second-order valence-corrected chi connectivity index (χ2v) is 4.15. The van der Waals surface area contributed by atoms with Crippen LogP contribution in [0.25, 0.3) is 6.08 Å². The van der Waals surface area contributed by atoms with Gasteiger partial charge in [0.05, 0.1) is 0 Å². The Hall–Kier alpha value is -1.57. The number of carboxylic acids is 1. The smallest absolute Gasteiger partial charge is 0.303 e. The van der Waals surface area contributed by atoms with Crippen LogP contribution in [0.5, 0.6) is 0 Å². The van der Waals surface area contributed by atoms with Crippen LogP contribution in [0.4, 0.5) is 0 Å². The highest BCUT2D eigenvalue weighted by Crippen LogP contribution is 2.18. The Bertz CT molecular complexity index is 394. The first-order chi connectivity index (χ1) is 7.50. The molecular formula is C14H18O2. The number of aliphatic carboxylic acids is 1. The molecule has 86 valence electrons. The first kappa shape index (κ1) is 12.5. The second kappa shape index (κ2) is 5.50. The highest BCUT2D eigenvalue weighted by atomic mass is 16.4. The molecule has 2 heteroatoms. The van der Waals surface area contributed by atoms with Gasteiger partial charge in [-0.05, 0) is 43.9 Å². The first-order valence-corrected chi connectivity index (χ1v) is 5.47. The SMILES string of the molecule is Cc1cc(C)c(/C=C/CCC(=O)O)c(C)c1. The fraction of sp³-hybridized carbons (Fsp3) is 0.357. The van der Waals surface area contributed by atoms with E-state index in [0.717, 1.165) is 0 Å². The minimum absolute atomic E-state index is 0.195. The first-order valence-electron chi connectivity index (χ1n) is 5.47. The molecule has 0 aliphatic rings. The van der Waals surface area contributed by atoms with Crippen LogP contribution >= 0.6 is 0 Å². The van der Waals surface area contributed by atoms with E-state index in [0.29, 0.717) is 6.42 Å². The largest absolute Gasteiger partial charge is 0.481 e. The number of benzene rings is 1. The van der Waals surface area contributed by atoms with Crippen LogP contribution in [0, 0.1) is 20.8 Å². The standard InChI is InChI=1S/C14H18O2/c1-10-8-11(2)13(12(3)9-10)6-4-5-7-14(15)16/h4,6,8-9H,5,7H2,1-3H3,(H,15,16)/b6-4+. The van der Waals surface area contributed by atoms with E-state index in [4.69, 9.17) is 5.11 Å². The molecule has 0 fully saturated rings. The highest BCUT2D eigenvalue weighted by Gasteiger charge is 2.00. The summed E-state index contributed by atoms with van der Waals surface area (Å²) < 4.78 is 0. The van der Waals surface area contributed by atoms with Crippen molar-refractivity contribution in [3.63, 3.8) is 0 Å². The second-order valence-electron chi connectivity index (χ2n) is 4.15. The number of rotatable bonds is 4. The van der Waals surface area contributed by atoms with Crippen molar-refractivity contribution in [3.8, 4) is 0 Å². The van der Waals surface area contributed by atoms with Crippen LogP contribution in [-0.4, -0.2) is 11.1 Å². The normalized spacial score (nSPS) is 10.9. The average Bonchev–Trinajstić information content (AvgIpc) is 2.14. The summed E-state index contributed by atoms with van der Waals surface area (Å²) in [4.78, 5) is 10.4. The molecule has 0 aliphatic heterocycles. The lowest BCUT2D eigenvalue weighted by atomic mass is 9.99. The van der Waals surface area contributed by atoms with Crippen LogP contribution < -0.4 is 0 Å². The summed E-state index contributed by atoms with van der Waals surface area (Å²) in [6.07, 6.45) is 4.73. The maximum atomic E-state index is 10.4. The minimum atomic E-state index is -0.748. The van der Waals surface area contributed by atoms with Gasteiger partial charge in [0.15, 0.2) is 0 Å². The van der Waals surface area contributed by atoms with Crippen LogP contribution in [0.2, 0.25) is 0 Å². The maximum absolute atomic E-state index is 10.4. The molecule has 1 N–H and O–H groups in total. The van der Waals surface area contributed by atoms with E-state index in [9.17, 15) is 4.79 Å². The number of aryl methyl sites for hydroxylation is 3. The topological polar surface area (TPSA) is 37.3 Å². The molecule has 0 saturated carbocycles. The van der Waals surface area contributed by atoms with Crippen molar-refractivity contribution in [2.24, 2.45) is 0 Å². The minimum Gasteiger partial charge on any atom is -0.481 e. The summed E-state index contributed by atoms with van der Waals surface area (Å²) in [5.41, 5.74) is 4.95. The summed E-state index contributed by atoms with van der Waals surface area (Å²) in [5, 5.41) is 8.52. The molecule has 0 saturated heterocycles. The van der Waals surface area contributed by atoms with Crippen molar-refractivity contribution in [1.29, 1.82) is 0 Å². The molecule has 1 aromatic carbocycles. The third-order valence-electron chi connectivity index (χ3n) is 2.55. The van der Waals surface area contributed by atoms with Crippen molar-refractivity contribution < 1.29 is 9.90 Å². The average molecular weight is 218 g/mol. The van der Waals surface area contributed by atoms with Crippen LogP contribution in [0.3, 0.4) is 0 Å². The Kier molecular flexibility index (Phi) is 4.29. The predicted molar refractivity (Wildman–Crippen MR) is 66.6 cm³/mol. The van der Waals surface area contributed by atoms with Crippen LogP contribution in [-0.2, 0) is 4.79 Å². The van der Waals surface area contributed by atoms with Gasteiger partial charge in [-0.25, -0.2) is 0 Å². The molecule has 16 heavy (non-hydrogen) atoms. The zero-order valence-electron chi connectivity index (χ0n) is 10.1. The molecule has 0 atom stereocenters. The Labute approximate surface area is 96.6 Å². The number of hydrogen-bond acceptors (Lipinski definition) is 1. The van der Waals surface area contributed by atoms with Crippen molar-refractivity contribution in [3.05, 3.63) is 40.5 Å². The van der Waals surface area contributed by atoms with E-state index >= 15 is 0 Å². The molecule has 2 nitrogen and oxygen atoms in total. The van der Waals surface area contributed by atoms with Crippen molar-refractivity contribution in [2.75, 3.05) is 0 Å². The molecular weight excluding hydrogens is 200 g/mol. The van der Waals surface area contributed by atoms with Gasteiger partial charge < -0.3 is 5.11 Å². The van der Waals surface area contributed by atoms with Gasteiger partial charge in [0.1, 0.15) is 0 Å². The molecule has 0 aromatic heterocycles. The maximum Gasteiger partial charge on any atom is 0.303 e. The van der Waals surface area contributed by atoms with Crippen molar-refractivity contribution in [2.45, 2.75) is 33.6 Å². The monoisotopic (exact) mass is 218 g/mol. The zero-order chi connectivity index (χ0) is 12.1.